The van der Waals surface area contributed by atoms with Gasteiger partial charge in [0.05, 0.1) is 79.7 Å². The van der Waals surface area contributed by atoms with Crippen LogP contribution < -0.4 is 26.9 Å². The average molecular weight is 1310 g/mol. The number of carbonyl (C=O) groups is 7. The highest BCUT2D eigenvalue weighted by molar-refractivity contribution is 7.85. The third kappa shape index (κ3) is 17.7. The van der Waals surface area contributed by atoms with Crippen LogP contribution in [0.1, 0.15) is 107 Å². The second-order valence-corrected chi connectivity index (χ2v) is 25.7. The van der Waals surface area contributed by atoms with Crippen molar-refractivity contribution in [2.75, 3.05) is 64.7 Å². The van der Waals surface area contributed by atoms with Crippen molar-refractivity contribution >= 4 is 79.1 Å². The Labute approximate surface area is 539 Å². The Morgan fingerprint density at radius 3 is 2.31 bits per heavy atom. The summed E-state index contributed by atoms with van der Waals surface area (Å²) in [5.74, 6) is -6.40. The molecule has 2 aliphatic heterocycles. The van der Waals surface area contributed by atoms with Crippen molar-refractivity contribution in [2.24, 2.45) is 17.8 Å². The zero-order valence-electron chi connectivity index (χ0n) is 53.8. The normalized spacial score (nSPS) is 15.3. The number of benzene rings is 2. The number of nitrogens with one attached hydrogen (secondary N) is 4. The van der Waals surface area contributed by atoms with Gasteiger partial charge in [0.15, 0.2) is 11.4 Å². The number of hydrogen-bond donors (Lipinski definition) is 6. The van der Waals surface area contributed by atoms with Crippen LogP contribution in [0.5, 0.6) is 0 Å². The first kappa shape index (κ1) is 70.6. The van der Waals surface area contributed by atoms with Gasteiger partial charge in [0.2, 0.25) is 17.7 Å². The number of Topliss-reactive ketones (excluding diaryl/α,β-unsaturated/α-hetero) is 2. The number of ether oxygens (including phenoxy) is 4. The first-order chi connectivity index (χ1) is 44.3. The van der Waals surface area contributed by atoms with Gasteiger partial charge >= 0.3 is 12.1 Å². The third-order valence-corrected chi connectivity index (χ3v) is 17.7. The number of nitrogens with zero attached hydrogens (tertiary/aromatic N) is 6. The van der Waals surface area contributed by atoms with Crippen LogP contribution in [-0.2, 0) is 103 Å². The minimum atomic E-state index is -4.61. The van der Waals surface area contributed by atoms with Crippen LogP contribution in [0, 0.1) is 17.8 Å². The highest BCUT2D eigenvalue weighted by atomic mass is 32.2. The molecule has 6 heterocycles. The van der Waals surface area contributed by atoms with Gasteiger partial charge in [-0.1, -0.05) is 58.0 Å². The summed E-state index contributed by atoms with van der Waals surface area (Å²) in [6.45, 7) is 11.7. The third-order valence-electron chi connectivity index (χ3n) is 16.8. The van der Waals surface area contributed by atoms with E-state index in [4.69, 9.17) is 23.9 Å². The molecule has 0 aliphatic carbocycles. The highest BCUT2D eigenvalue weighted by Crippen LogP contribution is 2.40. The first-order valence-electron chi connectivity index (χ1n) is 31.2. The number of carbonyl (C=O) groups excluding carboxylic acids is 7. The quantitative estimate of drug-likeness (QED) is 0.0128. The van der Waals surface area contributed by atoms with Gasteiger partial charge in [-0.2, -0.15) is 8.42 Å². The summed E-state index contributed by atoms with van der Waals surface area (Å²) < 4.78 is 59.0. The fraction of sp³-hybridized carbons (Fsp3) is 0.485. The van der Waals surface area contributed by atoms with E-state index < -0.39 is 75.6 Å². The molecule has 0 bridgehead atoms. The second kappa shape index (κ2) is 31.5. The average Bonchev–Trinajstić information content (AvgIpc) is 1.63. The summed E-state index contributed by atoms with van der Waals surface area (Å²) in [5.41, 5.74) is 7.28. The lowest BCUT2D eigenvalue weighted by molar-refractivity contribution is -0.172. The van der Waals surface area contributed by atoms with Crippen LogP contribution >= 0.6 is 0 Å². The molecule has 0 spiro atoms. The Kier molecular flexibility index (Phi) is 23.9. The maximum absolute atomic E-state index is 14.0. The largest absolute Gasteiger partial charge is 0.458 e. The number of esters is 1. The lowest BCUT2D eigenvalue weighted by Gasteiger charge is -2.31. The highest BCUT2D eigenvalue weighted by Gasteiger charge is 2.46. The Morgan fingerprint density at radius 2 is 1.61 bits per heavy atom. The van der Waals surface area contributed by atoms with Crippen LogP contribution in [0.15, 0.2) is 83.8 Å². The molecule has 93 heavy (non-hydrogen) atoms. The number of rotatable bonds is 34. The molecule has 4 amide bonds. The summed E-state index contributed by atoms with van der Waals surface area (Å²) in [7, 11) is -0.958. The molecule has 27 heteroatoms. The van der Waals surface area contributed by atoms with E-state index >= 15 is 0 Å². The molecule has 0 unspecified atom stereocenters. The number of hydrazine groups is 1. The molecule has 0 saturated carbocycles. The molecule has 0 saturated heterocycles. The van der Waals surface area contributed by atoms with Crippen molar-refractivity contribution in [2.45, 2.75) is 131 Å². The molecular weight excluding hydrogens is 1220 g/mol. The predicted molar refractivity (Wildman–Crippen MR) is 345 cm³/mol. The van der Waals surface area contributed by atoms with Gasteiger partial charge in [0.25, 0.3) is 15.7 Å². The molecule has 2 aliphatic rings. The summed E-state index contributed by atoms with van der Waals surface area (Å²) in [4.78, 5) is 118. The number of cyclic esters (lactones) is 1. The molecule has 6 N–H and O–H groups in total. The van der Waals surface area contributed by atoms with Gasteiger partial charge in [0, 0.05) is 104 Å². The number of hydrogen-bond acceptors (Lipinski definition) is 19. The van der Waals surface area contributed by atoms with Crippen LogP contribution in [0.25, 0.3) is 33.3 Å². The van der Waals surface area contributed by atoms with Crippen LogP contribution in [0.4, 0.5) is 10.5 Å². The first-order valence-corrected chi connectivity index (χ1v) is 32.9. The van der Waals surface area contributed by atoms with E-state index in [9.17, 15) is 56.4 Å². The number of aromatic nitrogens is 4. The van der Waals surface area contributed by atoms with Gasteiger partial charge in [-0.25, -0.2) is 24.6 Å². The molecule has 4 atom stereocenters. The Bertz CT molecular complexity index is 3910. The summed E-state index contributed by atoms with van der Waals surface area (Å²) in [6.07, 6.45) is 0.878. The summed E-state index contributed by atoms with van der Waals surface area (Å²) >= 11 is 0. The van der Waals surface area contributed by atoms with E-state index in [0.717, 1.165) is 27.6 Å². The summed E-state index contributed by atoms with van der Waals surface area (Å²) in [6, 6.07) is 20.6. The van der Waals surface area contributed by atoms with Gasteiger partial charge in [0.1, 0.15) is 24.6 Å². The van der Waals surface area contributed by atoms with E-state index in [1.54, 1.807) is 80.7 Å². The Balaban J connectivity index is 0.729. The molecule has 500 valence electrons. The minimum absolute atomic E-state index is 0.00583. The van der Waals surface area contributed by atoms with Crippen molar-refractivity contribution in [3.63, 3.8) is 0 Å². The lowest BCUT2D eigenvalue weighted by Crippen LogP contribution is -2.45. The fourth-order valence-electron chi connectivity index (χ4n) is 11.6. The molecule has 2 aromatic carbocycles. The van der Waals surface area contributed by atoms with Crippen LogP contribution in [-0.4, -0.2) is 160 Å². The number of anilines is 1. The van der Waals surface area contributed by atoms with E-state index in [1.165, 1.54) is 0 Å². The summed E-state index contributed by atoms with van der Waals surface area (Å²) in [5, 5.41) is 23.2. The van der Waals surface area contributed by atoms with Crippen molar-refractivity contribution < 1.29 is 70.6 Å². The zero-order chi connectivity index (χ0) is 67.3. The molecule has 8 rings (SSSR count). The molecule has 4 aromatic heterocycles. The standard InChI is InChI=1S/C66H84N10O16S/c1-9-66(85)53-34-55-59-51(36-76(55)63(82)52(53)38-91-64(66)83)49(50-14-10-11-15-54(50)71-59)21-26-74(41(4)5)65(84)92-37-43-16-18-46(19-17-43)70-61(80)42(6)31-56(78)58(40(2)3)72-57(79)22-27-89-29-30-90-28-24-69-62(81)45(39-93(86,87)88)33-48(77)20-25-75-47(35-73(8)67-7)32-44-13-12-23-68-60(44)75/h10-19,23,32,34,40-42,45,58,67,85H,9,20-22,24-31,33,35-39H2,1-8H3,(H,69,81)(H,70,80)(H,72,79)(H,86,87,88)/t42-,45+,58+,66+/m1/s1. The monoisotopic (exact) mass is 1300 g/mol. The van der Waals surface area contributed by atoms with Crippen molar-refractivity contribution in [1.29, 1.82) is 0 Å². The molecule has 0 fully saturated rings. The molecular formula is C66H84N10O16S. The number of para-hydroxylation sites is 1. The zero-order valence-corrected chi connectivity index (χ0v) is 54.6. The number of pyridine rings is 3. The minimum Gasteiger partial charge on any atom is -0.458 e. The van der Waals surface area contributed by atoms with Crippen molar-refractivity contribution in [3.05, 3.63) is 123 Å². The molecule has 26 nitrogen and oxygen atoms in total. The number of aryl methyl sites for hydroxylation is 1. The van der Waals surface area contributed by atoms with Gasteiger partial charge < -0.3 is 54.0 Å². The van der Waals surface area contributed by atoms with Crippen LogP contribution in [0.3, 0.4) is 0 Å². The SMILES string of the molecule is CC[C@@]1(O)C(=O)OCc2c1cc1n(c2=O)Cc2c-1nc1ccccc1c2CCN(C(=O)OCc1ccc(NC(=O)[C@H](C)CC(=O)[C@@H](NC(=O)CCOCCOCCNC(=O)[C@@H](CC(=O)CCn2c(CN(C)NC)cc3cccnc32)CS(=O)(=O)O)C(C)C)cc1)C(C)C. The van der Waals surface area contributed by atoms with E-state index in [2.05, 4.69) is 26.4 Å². The number of fused-ring (bicyclic) bond motifs is 6. The predicted octanol–water partition coefficient (Wildman–Crippen LogP) is 5.35. The topological polar surface area (TPSA) is 338 Å². The van der Waals surface area contributed by atoms with Crippen LogP contribution in [0.2, 0.25) is 0 Å². The Hall–Kier alpha value is -8.31. The number of amides is 4. The smallest absolute Gasteiger partial charge is 0.410 e. The van der Waals surface area contributed by atoms with Crippen molar-refractivity contribution in [1.82, 2.24) is 45.1 Å². The van der Waals surface area contributed by atoms with Crippen molar-refractivity contribution in [3.8, 4) is 11.4 Å². The second-order valence-electron chi connectivity index (χ2n) is 24.2. The van der Waals surface area contributed by atoms with E-state index in [-0.39, 0.29) is 132 Å². The lowest BCUT2D eigenvalue weighted by atomic mass is 9.86. The molecule has 0 radical (unpaired) electrons. The fourth-order valence-corrected chi connectivity index (χ4v) is 12.3. The van der Waals surface area contributed by atoms with Gasteiger partial charge in [-0.05, 0) is 93.2 Å². The number of ketones is 2. The van der Waals surface area contributed by atoms with Gasteiger partial charge in [-0.15, -0.1) is 0 Å². The van der Waals surface area contributed by atoms with Gasteiger partial charge in [-0.3, -0.25) is 38.7 Å². The maximum Gasteiger partial charge on any atom is 0.410 e. The van der Waals surface area contributed by atoms with E-state index in [0.29, 0.717) is 46.8 Å². The maximum atomic E-state index is 14.0. The Morgan fingerprint density at radius 1 is 0.882 bits per heavy atom. The number of aliphatic hydroxyl groups is 1. The van der Waals surface area contributed by atoms with E-state index in [1.807, 2.05) is 72.9 Å². The molecule has 6 aromatic rings.